The quantitative estimate of drug-likeness (QED) is 0.737. The van der Waals surface area contributed by atoms with E-state index in [-0.39, 0.29) is 11.9 Å². The Hall–Kier alpha value is -1.78. The van der Waals surface area contributed by atoms with Crippen LogP contribution in [0, 0.1) is 6.92 Å². The van der Waals surface area contributed by atoms with Gasteiger partial charge in [0, 0.05) is 50.0 Å². The monoisotopic (exact) mass is 383 g/mol. The lowest BCUT2D eigenvalue weighted by molar-refractivity contribution is 0.0779. The van der Waals surface area contributed by atoms with Gasteiger partial charge in [-0.3, -0.25) is 4.79 Å². The third kappa shape index (κ3) is 4.07. The van der Waals surface area contributed by atoms with Crippen molar-refractivity contribution in [2.75, 3.05) is 25.9 Å². The van der Waals surface area contributed by atoms with Crippen molar-refractivity contribution >= 4 is 27.3 Å². The molecule has 1 fully saturated rings. The van der Waals surface area contributed by atoms with Gasteiger partial charge in [0.25, 0.3) is 5.91 Å². The lowest BCUT2D eigenvalue weighted by atomic mass is 10.2. The molecule has 1 saturated heterocycles. The highest BCUT2D eigenvalue weighted by molar-refractivity contribution is 7.88. The molecule has 0 aromatic carbocycles. The van der Waals surface area contributed by atoms with Gasteiger partial charge in [-0.15, -0.1) is 11.3 Å². The maximum absolute atomic E-state index is 12.4. The van der Waals surface area contributed by atoms with Crippen LogP contribution in [0.25, 0.3) is 0 Å². The number of sulfonamides is 1. The predicted molar refractivity (Wildman–Crippen MR) is 94.9 cm³/mol. The summed E-state index contributed by atoms with van der Waals surface area (Å²) in [7, 11) is -3.37. The summed E-state index contributed by atoms with van der Waals surface area (Å²) >= 11 is 1.37. The van der Waals surface area contributed by atoms with E-state index in [4.69, 9.17) is 0 Å². The molecule has 0 N–H and O–H groups in total. The van der Waals surface area contributed by atoms with Gasteiger partial charge in [0.15, 0.2) is 0 Å². The Balaban J connectivity index is 1.68. The summed E-state index contributed by atoms with van der Waals surface area (Å²) < 4.78 is 27.9. The minimum absolute atomic E-state index is 0.136. The second-order valence-electron chi connectivity index (χ2n) is 6.11. The zero-order valence-electron chi connectivity index (χ0n) is 14.2. The molecule has 1 aliphatic heterocycles. The number of carbonyl (C=O) groups is 1. The van der Waals surface area contributed by atoms with Gasteiger partial charge in [0.05, 0.1) is 11.8 Å². The zero-order valence-corrected chi connectivity index (χ0v) is 15.8. The van der Waals surface area contributed by atoms with Crippen LogP contribution < -0.4 is 0 Å². The van der Waals surface area contributed by atoms with Crippen LogP contribution in [0.3, 0.4) is 0 Å². The second kappa shape index (κ2) is 7.22. The standard InChI is InChI=1S/C15H21N5O3S2/c1-12-16-4-6-18(12)7-8-20(25(2,22)23)13-3-5-19(9-13)15(21)14-10-24-11-17-14/h4,6,10-11,13H,3,5,7-9H2,1-2H3. The number of nitrogens with zero attached hydrogens (tertiary/aromatic N) is 5. The first-order valence-electron chi connectivity index (χ1n) is 7.98. The van der Waals surface area contributed by atoms with E-state index in [0.717, 1.165) is 5.82 Å². The molecule has 1 unspecified atom stereocenters. The molecular weight excluding hydrogens is 362 g/mol. The first-order valence-corrected chi connectivity index (χ1v) is 10.8. The van der Waals surface area contributed by atoms with E-state index in [2.05, 4.69) is 9.97 Å². The summed E-state index contributed by atoms with van der Waals surface area (Å²) in [6.45, 7) is 3.72. The first kappa shape index (κ1) is 18.0. The molecule has 10 heteroatoms. The minimum Gasteiger partial charge on any atom is -0.336 e. The molecule has 136 valence electrons. The second-order valence-corrected chi connectivity index (χ2v) is 8.76. The molecule has 8 nitrogen and oxygen atoms in total. The van der Waals surface area contributed by atoms with Crippen molar-refractivity contribution in [2.45, 2.75) is 25.9 Å². The van der Waals surface area contributed by atoms with Crippen LogP contribution in [0.15, 0.2) is 23.3 Å². The Morgan fingerprint density at radius 1 is 1.44 bits per heavy atom. The molecule has 3 rings (SSSR count). The molecule has 2 aromatic heterocycles. The molecule has 0 saturated carbocycles. The fraction of sp³-hybridized carbons (Fsp3) is 0.533. The van der Waals surface area contributed by atoms with Crippen LogP contribution in [0.2, 0.25) is 0 Å². The van der Waals surface area contributed by atoms with Crippen molar-refractivity contribution in [1.82, 2.24) is 23.7 Å². The van der Waals surface area contributed by atoms with Crippen LogP contribution in [0.4, 0.5) is 0 Å². The maximum atomic E-state index is 12.4. The normalized spacial score (nSPS) is 18.2. The highest BCUT2D eigenvalue weighted by Gasteiger charge is 2.35. The van der Waals surface area contributed by atoms with Crippen LogP contribution in [0.5, 0.6) is 0 Å². The number of thiazole rings is 1. The van der Waals surface area contributed by atoms with E-state index < -0.39 is 10.0 Å². The van der Waals surface area contributed by atoms with Crippen LogP contribution in [-0.2, 0) is 16.6 Å². The van der Waals surface area contributed by atoms with Gasteiger partial charge in [-0.25, -0.2) is 18.4 Å². The number of hydrogen-bond donors (Lipinski definition) is 0. The van der Waals surface area contributed by atoms with Crippen LogP contribution in [-0.4, -0.2) is 70.0 Å². The van der Waals surface area contributed by atoms with Crippen LogP contribution >= 0.6 is 11.3 Å². The van der Waals surface area contributed by atoms with Gasteiger partial charge in [0.2, 0.25) is 10.0 Å². The Morgan fingerprint density at radius 2 is 2.24 bits per heavy atom. The average molecular weight is 383 g/mol. The van der Waals surface area contributed by atoms with E-state index in [1.54, 1.807) is 22.0 Å². The summed E-state index contributed by atoms with van der Waals surface area (Å²) in [5.74, 6) is 0.711. The molecule has 0 bridgehead atoms. The number of imidazole rings is 1. The number of aromatic nitrogens is 3. The molecule has 3 heterocycles. The number of aryl methyl sites for hydroxylation is 1. The Bertz CT molecular complexity index is 831. The number of likely N-dealkylation sites (tertiary alicyclic amines) is 1. The molecule has 25 heavy (non-hydrogen) atoms. The fourth-order valence-electron chi connectivity index (χ4n) is 3.11. The summed E-state index contributed by atoms with van der Waals surface area (Å²) in [5.41, 5.74) is 2.04. The van der Waals surface area contributed by atoms with E-state index in [9.17, 15) is 13.2 Å². The molecule has 1 amide bonds. The first-order chi connectivity index (χ1) is 11.9. The van der Waals surface area contributed by atoms with Crippen LogP contribution in [0.1, 0.15) is 22.7 Å². The fourth-order valence-corrected chi connectivity index (χ4v) is 4.76. The zero-order chi connectivity index (χ0) is 18.0. The number of hydrogen-bond acceptors (Lipinski definition) is 6. The Kier molecular flexibility index (Phi) is 5.21. The Morgan fingerprint density at radius 3 is 2.84 bits per heavy atom. The van der Waals surface area contributed by atoms with Gasteiger partial charge < -0.3 is 9.47 Å². The third-order valence-electron chi connectivity index (χ3n) is 4.42. The summed E-state index contributed by atoms with van der Waals surface area (Å²) in [4.78, 5) is 22.3. The molecular formula is C15H21N5O3S2. The molecule has 0 spiro atoms. The molecule has 1 aliphatic rings. The summed E-state index contributed by atoms with van der Waals surface area (Å²) in [5, 5.41) is 1.71. The summed E-state index contributed by atoms with van der Waals surface area (Å²) in [6, 6.07) is -0.207. The summed E-state index contributed by atoms with van der Waals surface area (Å²) in [6.07, 6.45) is 5.39. The molecule has 0 radical (unpaired) electrons. The van der Waals surface area contributed by atoms with Gasteiger partial charge in [-0.05, 0) is 13.3 Å². The van der Waals surface area contributed by atoms with Crippen molar-refractivity contribution in [3.8, 4) is 0 Å². The highest BCUT2D eigenvalue weighted by Crippen LogP contribution is 2.20. The van der Waals surface area contributed by atoms with E-state index >= 15 is 0 Å². The lowest BCUT2D eigenvalue weighted by Crippen LogP contribution is -2.43. The topological polar surface area (TPSA) is 88.4 Å². The van der Waals surface area contributed by atoms with Gasteiger partial charge in [-0.1, -0.05) is 0 Å². The number of amides is 1. The third-order valence-corrected chi connectivity index (χ3v) is 6.34. The van der Waals surface area contributed by atoms with Crippen molar-refractivity contribution in [3.05, 3.63) is 34.8 Å². The molecule has 0 aliphatic carbocycles. The minimum atomic E-state index is -3.37. The average Bonchev–Trinajstić information content (AvgIpc) is 3.27. The van der Waals surface area contributed by atoms with Crippen molar-refractivity contribution in [2.24, 2.45) is 0 Å². The number of rotatable bonds is 6. The lowest BCUT2D eigenvalue weighted by Gasteiger charge is -2.27. The SMILES string of the molecule is Cc1nccn1CCN(C1CCN(C(=O)c2cscn2)C1)S(C)(=O)=O. The highest BCUT2D eigenvalue weighted by atomic mass is 32.2. The van der Waals surface area contributed by atoms with Crippen molar-refractivity contribution in [1.29, 1.82) is 0 Å². The van der Waals surface area contributed by atoms with Gasteiger partial charge in [0.1, 0.15) is 11.5 Å². The maximum Gasteiger partial charge on any atom is 0.273 e. The van der Waals surface area contributed by atoms with Crippen molar-refractivity contribution < 1.29 is 13.2 Å². The Labute approximate surface area is 151 Å². The molecule has 1 atom stereocenters. The predicted octanol–water partition coefficient (Wildman–Crippen LogP) is 0.824. The molecule has 2 aromatic rings. The van der Waals surface area contributed by atoms with E-state index in [0.29, 0.717) is 38.3 Å². The van der Waals surface area contributed by atoms with Gasteiger partial charge >= 0.3 is 0 Å². The van der Waals surface area contributed by atoms with E-state index in [1.807, 2.05) is 17.7 Å². The van der Waals surface area contributed by atoms with Crippen molar-refractivity contribution in [3.63, 3.8) is 0 Å². The van der Waals surface area contributed by atoms with Gasteiger partial charge in [-0.2, -0.15) is 4.31 Å². The van der Waals surface area contributed by atoms with E-state index in [1.165, 1.54) is 21.9 Å². The smallest absolute Gasteiger partial charge is 0.273 e. The largest absolute Gasteiger partial charge is 0.336 e. The number of carbonyl (C=O) groups excluding carboxylic acids is 1.